The molecule has 94 valence electrons. The summed E-state index contributed by atoms with van der Waals surface area (Å²) < 4.78 is 5.21. The highest BCUT2D eigenvalue weighted by atomic mass is 35.5. The van der Waals surface area contributed by atoms with Crippen LogP contribution >= 0.6 is 11.6 Å². The minimum Gasteiger partial charge on any atom is -0.478 e. The molecule has 1 rings (SSSR count). The van der Waals surface area contributed by atoms with Crippen molar-refractivity contribution in [3.8, 4) is 0 Å². The van der Waals surface area contributed by atoms with Gasteiger partial charge in [-0.1, -0.05) is 11.6 Å². The molecule has 0 aliphatic heterocycles. The molecule has 1 aromatic rings. The SMILES string of the molecule is CCOCCN(C)c1nccc(C(=O)O)c1Cl. The van der Waals surface area contributed by atoms with E-state index in [4.69, 9.17) is 21.4 Å². The largest absolute Gasteiger partial charge is 0.478 e. The number of carboxylic acid groups (broad SMARTS) is 1. The summed E-state index contributed by atoms with van der Waals surface area (Å²) in [5.41, 5.74) is 0.0555. The van der Waals surface area contributed by atoms with Gasteiger partial charge in [0.15, 0.2) is 0 Å². The summed E-state index contributed by atoms with van der Waals surface area (Å²) in [6.45, 7) is 3.70. The Hall–Kier alpha value is -1.33. The number of carboxylic acids is 1. The summed E-state index contributed by atoms with van der Waals surface area (Å²) in [5.74, 6) is -0.608. The summed E-state index contributed by atoms with van der Waals surface area (Å²) in [6, 6.07) is 1.38. The predicted molar refractivity (Wildman–Crippen MR) is 66.0 cm³/mol. The van der Waals surface area contributed by atoms with Crippen LogP contribution in [0.3, 0.4) is 0 Å². The van der Waals surface area contributed by atoms with Gasteiger partial charge in [-0.2, -0.15) is 0 Å². The topological polar surface area (TPSA) is 62.7 Å². The summed E-state index contributed by atoms with van der Waals surface area (Å²) >= 11 is 5.99. The molecule has 0 saturated carbocycles. The van der Waals surface area contributed by atoms with E-state index < -0.39 is 5.97 Å². The zero-order valence-corrected chi connectivity index (χ0v) is 10.6. The van der Waals surface area contributed by atoms with Crippen LogP contribution in [0, 0.1) is 0 Å². The van der Waals surface area contributed by atoms with Gasteiger partial charge < -0.3 is 14.7 Å². The smallest absolute Gasteiger partial charge is 0.337 e. The van der Waals surface area contributed by atoms with Crippen LogP contribution < -0.4 is 4.90 Å². The maximum atomic E-state index is 10.9. The Kier molecular flexibility index (Phi) is 5.18. The number of ether oxygens (including phenoxy) is 1. The highest BCUT2D eigenvalue weighted by Crippen LogP contribution is 2.25. The van der Waals surface area contributed by atoms with Crippen LogP contribution in [0.2, 0.25) is 5.02 Å². The van der Waals surface area contributed by atoms with Crippen molar-refractivity contribution in [2.75, 3.05) is 31.7 Å². The monoisotopic (exact) mass is 258 g/mol. The lowest BCUT2D eigenvalue weighted by Crippen LogP contribution is -2.24. The van der Waals surface area contributed by atoms with Gasteiger partial charge in [-0.25, -0.2) is 9.78 Å². The van der Waals surface area contributed by atoms with Gasteiger partial charge in [0.2, 0.25) is 0 Å². The van der Waals surface area contributed by atoms with Gasteiger partial charge in [-0.3, -0.25) is 0 Å². The molecule has 6 heteroatoms. The van der Waals surface area contributed by atoms with E-state index in [1.54, 1.807) is 11.9 Å². The second-order valence-electron chi connectivity index (χ2n) is 3.42. The molecule has 0 radical (unpaired) electrons. The van der Waals surface area contributed by atoms with Gasteiger partial charge in [0.25, 0.3) is 0 Å². The molecule has 0 atom stereocenters. The summed E-state index contributed by atoms with van der Waals surface area (Å²) in [4.78, 5) is 16.7. The third-order valence-corrected chi connectivity index (χ3v) is 2.61. The third kappa shape index (κ3) is 3.57. The van der Waals surface area contributed by atoms with Gasteiger partial charge in [-0.15, -0.1) is 0 Å². The van der Waals surface area contributed by atoms with E-state index in [0.717, 1.165) is 0 Å². The molecule has 0 aromatic carbocycles. The van der Waals surface area contributed by atoms with Crippen LogP contribution in [0.5, 0.6) is 0 Å². The molecule has 1 heterocycles. The first-order chi connectivity index (χ1) is 8.07. The molecule has 1 N–H and O–H groups in total. The molecule has 17 heavy (non-hydrogen) atoms. The van der Waals surface area contributed by atoms with Crippen LogP contribution in [0.15, 0.2) is 12.3 Å². The number of hydrogen-bond donors (Lipinski definition) is 1. The van der Waals surface area contributed by atoms with Crippen molar-refractivity contribution < 1.29 is 14.6 Å². The Morgan fingerprint density at radius 2 is 2.35 bits per heavy atom. The maximum Gasteiger partial charge on any atom is 0.337 e. The summed E-state index contributed by atoms with van der Waals surface area (Å²) in [5, 5.41) is 9.08. The average Bonchev–Trinajstić information content (AvgIpc) is 2.29. The zero-order chi connectivity index (χ0) is 12.8. The fourth-order valence-electron chi connectivity index (χ4n) is 1.32. The first-order valence-corrected chi connectivity index (χ1v) is 5.62. The minimum atomic E-state index is -1.06. The van der Waals surface area contributed by atoms with E-state index in [9.17, 15) is 4.79 Å². The number of anilines is 1. The van der Waals surface area contributed by atoms with Gasteiger partial charge in [0, 0.05) is 26.4 Å². The first kappa shape index (κ1) is 13.7. The number of likely N-dealkylation sites (N-methyl/N-ethyl adjacent to an activating group) is 1. The van der Waals surface area contributed by atoms with Crippen molar-refractivity contribution in [3.05, 3.63) is 22.8 Å². The second-order valence-corrected chi connectivity index (χ2v) is 3.80. The number of aromatic nitrogens is 1. The molecule has 0 saturated heterocycles. The summed E-state index contributed by atoms with van der Waals surface area (Å²) in [7, 11) is 1.79. The van der Waals surface area contributed by atoms with Crippen LogP contribution in [0.25, 0.3) is 0 Å². The molecule has 0 amide bonds. The quantitative estimate of drug-likeness (QED) is 0.790. The second kappa shape index (κ2) is 6.42. The number of halogens is 1. The molecule has 0 bridgehead atoms. The van der Waals surface area contributed by atoms with Crippen molar-refractivity contribution in [1.29, 1.82) is 0 Å². The van der Waals surface area contributed by atoms with E-state index in [2.05, 4.69) is 4.98 Å². The maximum absolute atomic E-state index is 10.9. The van der Waals surface area contributed by atoms with E-state index in [1.807, 2.05) is 6.92 Å². The standard InChI is InChI=1S/C11H15ClN2O3/c1-3-17-7-6-14(2)10-9(12)8(11(15)16)4-5-13-10/h4-5H,3,6-7H2,1-2H3,(H,15,16). The zero-order valence-electron chi connectivity index (χ0n) is 9.81. The molecule has 5 nitrogen and oxygen atoms in total. The van der Waals surface area contributed by atoms with E-state index in [0.29, 0.717) is 25.6 Å². The van der Waals surface area contributed by atoms with Crippen molar-refractivity contribution in [1.82, 2.24) is 4.98 Å². The van der Waals surface area contributed by atoms with Crippen molar-refractivity contribution in [3.63, 3.8) is 0 Å². The minimum absolute atomic E-state index is 0.0555. The normalized spacial score (nSPS) is 10.3. The number of rotatable bonds is 6. The number of nitrogens with zero attached hydrogens (tertiary/aromatic N) is 2. The fraction of sp³-hybridized carbons (Fsp3) is 0.455. The van der Waals surface area contributed by atoms with Crippen molar-refractivity contribution >= 4 is 23.4 Å². The average molecular weight is 259 g/mol. The lowest BCUT2D eigenvalue weighted by molar-refractivity contribution is 0.0697. The molecule has 0 aliphatic rings. The molecule has 0 spiro atoms. The molecule has 0 unspecified atom stereocenters. The predicted octanol–water partition coefficient (Wildman–Crippen LogP) is 1.91. The highest BCUT2D eigenvalue weighted by Gasteiger charge is 2.15. The lowest BCUT2D eigenvalue weighted by atomic mass is 10.2. The Labute approximate surface area is 105 Å². The first-order valence-electron chi connectivity index (χ1n) is 5.24. The van der Waals surface area contributed by atoms with Gasteiger partial charge in [0.05, 0.1) is 17.2 Å². The van der Waals surface area contributed by atoms with Crippen LogP contribution in [0.4, 0.5) is 5.82 Å². The fourth-order valence-corrected chi connectivity index (χ4v) is 1.65. The Morgan fingerprint density at radius 1 is 1.65 bits per heavy atom. The third-order valence-electron chi connectivity index (χ3n) is 2.24. The Bertz CT molecular complexity index is 398. The Balaban J connectivity index is 2.83. The van der Waals surface area contributed by atoms with Crippen LogP contribution in [0.1, 0.15) is 17.3 Å². The number of hydrogen-bond acceptors (Lipinski definition) is 4. The van der Waals surface area contributed by atoms with Crippen LogP contribution in [-0.4, -0.2) is 42.9 Å². The van der Waals surface area contributed by atoms with Crippen molar-refractivity contribution in [2.45, 2.75) is 6.92 Å². The van der Waals surface area contributed by atoms with Gasteiger partial charge in [-0.05, 0) is 13.0 Å². The molecular weight excluding hydrogens is 244 g/mol. The summed E-state index contributed by atoms with van der Waals surface area (Å²) in [6.07, 6.45) is 1.43. The van der Waals surface area contributed by atoms with Gasteiger partial charge >= 0.3 is 5.97 Å². The highest BCUT2D eigenvalue weighted by molar-refractivity contribution is 6.35. The van der Waals surface area contributed by atoms with Gasteiger partial charge in [0.1, 0.15) is 5.82 Å². The van der Waals surface area contributed by atoms with E-state index in [1.165, 1.54) is 12.3 Å². The van der Waals surface area contributed by atoms with Crippen molar-refractivity contribution in [2.24, 2.45) is 0 Å². The number of aromatic carboxylic acids is 1. The van der Waals surface area contributed by atoms with Crippen LogP contribution in [-0.2, 0) is 4.74 Å². The Morgan fingerprint density at radius 3 is 2.94 bits per heavy atom. The molecule has 0 fully saturated rings. The lowest BCUT2D eigenvalue weighted by Gasteiger charge is -2.19. The molecule has 1 aromatic heterocycles. The van der Waals surface area contributed by atoms with E-state index in [-0.39, 0.29) is 10.6 Å². The number of pyridine rings is 1. The molecule has 0 aliphatic carbocycles. The van der Waals surface area contributed by atoms with E-state index >= 15 is 0 Å². The molecular formula is C11H15ClN2O3. The number of carbonyl (C=O) groups is 1.